The van der Waals surface area contributed by atoms with E-state index in [9.17, 15) is 4.79 Å². The largest absolute Gasteiger partial charge is 0.478 e. The topological polar surface area (TPSA) is 103 Å². The normalized spacial score (nSPS) is 10.2. The number of aromatic nitrogens is 3. The summed E-state index contributed by atoms with van der Waals surface area (Å²) in [6, 6.07) is 4.53. The van der Waals surface area contributed by atoms with Gasteiger partial charge in [-0.2, -0.15) is 4.98 Å². The minimum atomic E-state index is -1.12. The van der Waals surface area contributed by atoms with E-state index in [-0.39, 0.29) is 23.0 Å². The Bertz CT molecular complexity index is 564. The SMILES string of the molecule is Cn1cnc(Oc2c(N)cccc2C(=O)O)n1. The molecule has 0 aliphatic rings. The molecule has 88 valence electrons. The Morgan fingerprint density at radius 2 is 2.29 bits per heavy atom. The third kappa shape index (κ3) is 2.17. The molecule has 0 aliphatic heterocycles. The number of benzene rings is 1. The van der Waals surface area contributed by atoms with E-state index in [4.69, 9.17) is 15.6 Å². The van der Waals surface area contributed by atoms with Gasteiger partial charge in [-0.05, 0) is 12.1 Å². The van der Waals surface area contributed by atoms with Crippen LogP contribution < -0.4 is 10.5 Å². The van der Waals surface area contributed by atoms with Crippen LogP contribution in [0, 0.1) is 0 Å². The van der Waals surface area contributed by atoms with E-state index < -0.39 is 5.97 Å². The number of aryl methyl sites for hydroxylation is 1. The molecule has 0 bridgehead atoms. The lowest BCUT2D eigenvalue weighted by Crippen LogP contribution is -2.03. The number of para-hydroxylation sites is 1. The summed E-state index contributed by atoms with van der Waals surface area (Å²) in [6.07, 6.45) is 1.44. The highest BCUT2D eigenvalue weighted by Gasteiger charge is 2.16. The number of anilines is 1. The lowest BCUT2D eigenvalue weighted by Gasteiger charge is -2.07. The van der Waals surface area contributed by atoms with Crippen LogP contribution in [-0.4, -0.2) is 25.8 Å². The van der Waals surface area contributed by atoms with Crippen LogP contribution in [0.25, 0.3) is 0 Å². The van der Waals surface area contributed by atoms with Crippen molar-refractivity contribution in [2.24, 2.45) is 7.05 Å². The molecule has 0 spiro atoms. The number of carbonyl (C=O) groups is 1. The molecule has 0 fully saturated rings. The van der Waals surface area contributed by atoms with E-state index >= 15 is 0 Å². The molecule has 1 heterocycles. The van der Waals surface area contributed by atoms with E-state index in [0.29, 0.717) is 0 Å². The number of nitrogens with zero attached hydrogens (tertiary/aromatic N) is 3. The van der Waals surface area contributed by atoms with Gasteiger partial charge in [-0.3, -0.25) is 4.68 Å². The maximum absolute atomic E-state index is 11.0. The van der Waals surface area contributed by atoms with Gasteiger partial charge in [-0.1, -0.05) is 6.07 Å². The molecular weight excluding hydrogens is 224 g/mol. The molecule has 0 atom stereocenters. The summed E-state index contributed by atoms with van der Waals surface area (Å²) in [6.45, 7) is 0. The lowest BCUT2D eigenvalue weighted by molar-refractivity contribution is 0.0694. The molecule has 2 rings (SSSR count). The molecule has 0 saturated carbocycles. The fourth-order valence-corrected chi connectivity index (χ4v) is 1.29. The van der Waals surface area contributed by atoms with Gasteiger partial charge in [0.05, 0.1) is 5.69 Å². The maximum atomic E-state index is 11.0. The number of aromatic carboxylic acids is 1. The zero-order valence-corrected chi connectivity index (χ0v) is 8.99. The van der Waals surface area contributed by atoms with Crippen molar-refractivity contribution in [3.05, 3.63) is 30.1 Å². The first kappa shape index (κ1) is 10.9. The molecule has 7 heteroatoms. The molecule has 2 aromatic rings. The van der Waals surface area contributed by atoms with Gasteiger partial charge in [-0.25, -0.2) is 4.79 Å². The highest BCUT2D eigenvalue weighted by Crippen LogP contribution is 2.29. The van der Waals surface area contributed by atoms with E-state index in [1.165, 1.54) is 23.1 Å². The van der Waals surface area contributed by atoms with Crippen molar-refractivity contribution in [1.29, 1.82) is 0 Å². The Morgan fingerprint density at radius 1 is 1.53 bits per heavy atom. The van der Waals surface area contributed by atoms with Crippen molar-refractivity contribution in [3.8, 4) is 11.8 Å². The Morgan fingerprint density at radius 3 is 2.88 bits per heavy atom. The Kier molecular flexibility index (Phi) is 2.65. The van der Waals surface area contributed by atoms with Crippen LogP contribution in [0.15, 0.2) is 24.5 Å². The average Bonchev–Trinajstić information content (AvgIpc) is 2.67. The molecule has 0 aliphatic carbocycles. The highest BCUT2D eigenvalue weighted by atomic mass is 16.5. The highest BCUT2D eigenvalue weighted by molar-refractivity contribution is 5.93. The van der Waals surface area contributed by atoms with Crippen molar-refractivity contribution in [3.63, 3.8) is 0 Å². The zero-order valence-electron chi connectivity index (χ0n) is 8.99. The minimum absolute atomic E-state index is 0.0301. The van der Waals surface area contributed by atoms with Gasteiger partial charge in [0.1, 0.15) is 11.9 Å². The standard InChI is InChI=1S/C10H10N4O3/c1-14-5-12-10(13-14)17-8-6(9(15)16)3-2-4-7(8)11/h2-5H,11H2,1H3,(H,15,16). The van der Waals surface area contributed by atoms with Gasteiger partial charge in [0.25, 0.3) is 0 Å². The van der Waals surface area contributed by atoms with Crippen LogP contribution in [-0.2, 0) is 7.05 Å². The second kappa shape index (κ2) is 4.12. The Balaban J connectivity index is 2.40. The van der Waals surface area contributed by atoms with Crippen LogP contribution in [0.3, 0.4) is 0 Å². The third-order valence-electron chi connectivity index (χ3n) is 2.05. The molecule has 0 unspecified atom stereocenters. The van der Waals surface area contributed by atoms with E-state index in [0.717, 1.165) is 0 Å². The number of nitrogens with two attached hydrogens (primary N) is 1. The number of hydrogen-bond donors (Lipinski definition) is 2. The van der Waals surface area contributed by atoms with Crippen molar-refractivity contribution in [2.45, 2.75) is 0 Å². The van der Waals surface area contributed by atoms with Gasteiger partial charge in [0.2, 0.25) is 0 Å². The maximum Gasteiger partial charge on any atom is 0.341 e. The van der Waals surface area contributed by atoms with Gasteiger partial charge >= 0.3 is 12.0 Å². The van der Waals surface area contributed by atoms with Crippen LogP contribution in [0.2, 0.25) is 0 Å². The number of nitrogen functional groups attached to an aromatic ring is 1. The van der Waals surface area contributed by atoms with E-state index in [1.54, 1.807) is 13.1 Å². The summed E-state index contributed by atoms with van der Waals surface area (Å²) >= 11 is 0. The molecule has 17 heavy (non-hydrogen) atoms. The smallest absolute Gasteiger partial charge is 0.341 e. The summed E-state index contributed by atoms with van der Waals surface area (Å²) in [4.78, 5) is 14.8. The zero-order chi connectivity index (χ0) is 12.4. The van der Waals surface area contributed by atoms with Crippen molar-refractivity contribution in [2.75, 3.05) is 5.73 Å². The van der Waals surface area contributed by atoms with E-state index in [2.05, 4.69) is 10.1 Å². The van der Waals surface area contributed by atoms with Crippen molar-refractivity contribution in [1.82, 2.24) is 14.8 Å². The van der Waals surface area contributed by atoms with Crippen molar-refractivity contribution >= 4 is 11.7 Å². The predicted octanol–water partition coefficient (Wildman–Crippen LogP) is 0.888. The summed E-state index contributed by atoms with van der Waals surface area (Å²) in [5.74, 6) is -1.07. The fraction of sp³-hybridized carbons (Fsp3) is 0.100. The summed E-state index contributed by atoms with van der Waals surface area (Å²) in [7, 11) is 1.67. The van der Waals surface area contributed by atoms with Crippen LogP contribution >= 0.6 is 0 Å². The summed E-state index contributed by atoms with van der Waals surface area (Å²) < 4.78 is 6.71. The van der Waals surface area contributed by atoms with Crippen molar-refractivity contribution < 1.29 is 14.6 Å². The van der Waals surface area contributed by atoms with Gasteiger partial charge in [0, 0.05) is 7.05 Å². The molecule has 0 radical (unpaired) electrons. The predicted molar refractivity (Wildman–Crippen MR) is 58.9 cm³/mol. The fourth-order valence-electron chi connectivity index (χ4n) is 1.29. The van der Waals surface area contributed by atoms with Crippen LogP contribution in [0.5, 0.6) is 11.8 Å². The van der Waals surface area contributed by atoms with Crippen LogP contribution in [0.1, 0.15) is 10.4 Å². The minimum Gasteiger partial charge on any atom is -0.478 e. The lowest BCUT2D eigenvalue weighted by atomic mass is 10.2. The second-order valence-electron chi connectivity index (χ2n) is 3.33. The first-order valence-electron chi connectivity index (χ1n) is 4.73. The third-order valence-corrected chi connectivity index (χ3v) is 2.05. The number of rotatable bonds is 3. The first-order valence-corrected chi connectivity index (χ1v) is 4.73. The van der Waals surface area contributed by atoms with Gasteiger partial charge < -0.3 is 15.6 Å². The monoisotopic (exact) mass is 234 g/mol. The molecular formula is C10H10N4O3. The Labute approximate surface area is 96.5 Å². The van der Waals surface area contributed by atoms with Gasteiger partial charge in [-0.15, -0.1) is 5.10 Å². The molecule has 0 saturated heterocycles. The molecule has 0 amide bonds. The average molecular weight is 234 g/mol. The van der Waals surface area contributed by atoms with E-state index in [1.807, 2.05) is 0 Å². The first-order chi connectivity index (χ1) is 8.08. The number of carboxylic acids is 1. The molecule has 1 aromatic heterocycles. The van der Waals surface area contributed by atoms with Crippen LogP contribution in [0.4, 0.5) is 5.69 Å². The Hall–Kier alpha value is -2.57. The summed E-state index contributed by atoms with van der Waals surface area (Å²) in [5.41, 5.74) is 5.85. The number of hydrogen-bond acceptors (Lipinski definition) is 5. The number of ether oxygens (including phenoxy) is 1. The summed E-state index contributed by atoms with van der Waals surface area (Å²) in [5, 5.41) is 12.9. The molecule has 3 N–H and O–H groups in total. The molecule has 1 aromatic carbocycles. The second-order valence-corrected chi connectivity index (χ2v) is 3.33. The van der Waals surface area contributed by atoms with Gasteiger partial charge in [0.15, 0.2) is 5.75 Å². The molecule has 7 nitrogen and oxygen atoms in total. The number of carboxylic acid groups (broad SMARTS) is 1. The quantitative estimate of drug-likeness (QED) is 0.764.